The molecule has 0 aliphatic rings. The van der Waals surface area contributed by atoms with E-state index in [2.05, 4.69) is 52.2 Å². The van der Waals surface area contributed by atoms with E-state index in [1.807, 2.05) is 43.5 Å². The second kappa shape index (κ2) is 7.59. The molecule has 0 radical (unpaired) electrons. The number of ketones is 1. The Hall–Kier alpha value is -2.73. The zero-order valence-corrected chi connectivity index (χ0v) is 18.6. The van der Waals surface area contributed by atoms with E-state index in [9.17, 15) is 4.79 Å². The molecule has 0 N–H and O–H groups in total. The Kier molecular flexibility index (Phi) is 5.13. The number of hydrogen-bond donors (Lipinski definition) is 0. The fraction of sp³-hybridized carbons (Fsp3) is 0.261. The molecule has 0 aliphatic carbocycles. The molecule has 3 aromatic heterocycles. The van der Waals surface area contributed by atoms with E-state index < -0.39 is 0 Å². The predicted octanol–water partition coefficient (Wildman–Crippen LogP) is 5.33. The van der Waals surface area contributed by atoms with Crippen molar-refractivity contribution in [1.29, 1.82) is 0 Å². The number of rotatable bonds is 5. The van der Waals surface area contributed by atoms with Crippen molar-refractivity contribution < 1.29 is 4.79 Å². The third-order valence-electron chi connectivity index (χ3n) is 5.14. The lowest BCUT2D eigenvalue weighted by Crippen LogP contribution is -2.14. The first-order valence-corrected chi connectivity index (χ1v) is 10.5. The van der Waals surface area contributed by atoms with Crippen LogP contribution in [0.2, 0.25) is 0 Å². The summed E-state index contributed by atoms with van der Waals surface area (Å²) in [7, 11) is 0. The first kappa shape index (κ1) is 19.6. The molecule has 5 nitrogen and oxygen atoms in total. The topological polar surface area (TPSA) is 52.2 Å². The highest BCUT2D eigenvalue weighted by Crippen LogP contribution is 2.28. The van der Waals surface area contributed by atoms with E-state index in [-0.39, 0.29) is 12.2 Å². The monoisotopic (exact) mass is 450 g/mol. The lowest BCUT2D eigenvalue weighted by molar-refractivity contribution is 0.0981. The molecule has 148 valence electrons. The largest absolute Gasteiger partial charge is 0.303 e. The quantitative estimate of drug-likeness (QED) is 0.386. The Balaban J connectivity index is 1.86. The van der Waals surface area contributed by atoms with Crippen molar-refractivity contribution in [2.75, 3.05) is 0 Å². The van der Waals surface area contributed by atoms with Crippen LogP contribution in [0.25, 0.3) is 16.9 Å². The first-order valence-electron chi connectivity index (χ1n) is 9.69. The van der Waals surface area contributed by atoms with E-state index in [4.69, 9.17) is 4.98 Å². The summed E-state index contributed by atoms with van der Waals surface area (Å²) < 4.78 is 4.57. The van der Waals surface area contributed by atoms with Gasteiger partial charge in [0.15, 0.2) is 5.78 Å². The van der Waals surface area contributed by atoms with Crippen LogP contribution in [0.3, 0.4) is 0 Å². The molecule has 0 aliphatic heterocycles. The van der Waals surface area contributed by atoms with Gasteiger partial charge < -0.3 is 4.40 Å². The number of benzene rings is 1. The Morgan fingerprint density at radius 1 is 1.03 bits per heavy atom. The molecule has 4 rings (SSSR count). The van der Waals surface area contributed by atoms with Gasteiger partial charge in [0.25, 0.3) is 0 Å². The van der Waals surface area contributed by atoms with E-state index >= 15 is 0 Å². The number of carbonyl (C=O) groups excluding carboxylic acids is 1. The summed E-state index contributed by atoms with van der Waals surface area (Å²) in [6.45, 7) is 8.65. The summed E-state index contributed by atoms with van der Waals surface area (Å²) in [5.41, 5.74) is 7.34. The molecular formula is C23H23BrN4O. The molecular weight excluding hydrogens is 428 g/mol. The summed E-state index contributed by atoms with van der Waals surface area (Å²) in [6, 6.07) is 12.3. The number of fused-ring (bicyclic) bond motifs is 1. The van der Waals surface area contributed by atoms with Gasteiger partial charge in [-0.15, -0.1) is 0 Å². The molecule has 0 fully saturated rings. The van der Waals surface area contributed by atoms with Gasteiger partial charge in [0.2, 0.25) is 0 Å². The number of aromatic nitrogens is 4. The number of hydrogen-bond acceptors (Lipinski definition) is 3. The molecule has 0 atom stereocenters. The Morgan fingerprint density at radius 2 is 1.72 bits per heavy atom. The second-order valence-corrected chi connectivity index (χ2v) is 8.16. The standard InChI is InChI=1S/C23H23BrN4O/c1-5-28-23(21(24)16(4)26-28)19(29)12-18-22(17-9-6-14(2)7-10-17)25-20-11-8-15(3)13-27(18)20/h6-11,13H,5,12H2,1-4H3. The zero-order chi connectivity index (χ0) is 20.7. The maximum Gasteiger partial charge on any atom is 0.187 e. The average Bonchev–Trinajstić information content (AvgIpc) is 3.19. The number of aryl methyl sites for hydroxylation is 4. The Labute approximate surface area is 178 Å². The lowest BCUT2D eigenvalue weighted by atomic mass is 10.0. The Morgan fingerprint density at radius 3 is 2.41 bits per heavy atom. The van der Waals surface area contributed by atoms with Crippen molar-refractivity contribution in [3.05, 3.63) is 75.3 Å². The van der Waals surface area contributed by atoms with Crippen LogP contribution >= 0.6 is 15.9 Å². The average molecular weight is 451 g/mol. The number of imidazole rings is 1. The van der Waals surface area contributed by atoms with Crippen molar-refractivity contribution in [2.45, 2.75) is 40.7 Å². The summed E-state index contributed by atoms with van der Waals surface area (Å²) in [6.07, 6.45) is 2.29. The normalized spacial score (nSPS) is 11.3. The highest BCUT2D eigenvalue weighted by atomic mass is 79.9. The fourth-order valence-corrected chi connectivity index (χ4v) is 4.11. The molecule has 0 amide bonds. The number of halogens is 1. The highest BCUT2D eigenvalue weighted by Gasteiger charge is 2.23. The number of nitrogens with zero attached hydrogens (tertiary/aromatic N) is 4. The molecule has 1 aromatic carbocycles. The summed E-state index contributed by atoms with van der Waals surface area (Å²) in [4.78, 5) is 18.2. The van der Waals surface area contributed by atoms with Crippen molar-refractivity contribution >= 4 is 27.4 Å². The van der Waals surface area contributed by atoms with E-state index in [1.165, 1.54) is 5.56 Å². The van der Waals surface area contributed by atoms with Crippen LogP contribution in [0, 0.1) is 20.8 Å². The second-order valence-electron chi connectivity index (χ2n) is 7.37. The van der Waals surface area contributed by atoms with E-state index in [1.54, 1.807) is 4.68 Å². The highest BCUT2D eigenvalue weighted by molar-refractivity contribution is 9.10. The number of carbonyl (C=O) groups is 1. The molecule has 0 saturated heterocycles. The lowest BCUT2D eigenvalue weighted by Gasteiger charge is -2.08. The van der Waals surface area contributed by atoms with Gasteiger partial charge in [-0.2, -0.15) is 5.10 Å². The summed E-state index contributed by atoms with van der Waals surface area (Å²) in [5, 5.41) is 4.47. The minimum atomic E-state index is 0.0241. The van der Waals surface area contributed by atoms with Crippen LogP contribution in [0.15, 0.2) is 47.1 Å². The van der Waals surface area contributed by atoms with Crippen LogP contribution in [-0.4, -0.2) is 24.9 Å². The molecule has 29 heavy (non-hydrogen) atoms. The molecule has 4 aromatic rings. The summed E-state index contributed by atoms with van der Waals surface area (Å²) >= 11 is 3.55. The van der Waals surface area contributed by atoms with Crippen LogP contribution in [-0.2, 0) is 13.0 Å². The number of pyridine rings is 1. The van der Waals surface area contributed by atoms with Crippen molar-refractivity contribution in [1.82, 2.24) is 19.2 Å². The molecule has 0 unspecified atom stereocenters. The molecule has 0 saturated carbocycles. The fourth-order valence-electron chi connectivity index (χ4n) is 3.60. The third kappa shape index (κ3) is 3.53. The van der Waals surface area contributed by atoms with Gasteiger partial charge in [-0.1, -0.05) is 35.9 Å². The smallest absolute Gasteiger partial charge is 0.187 e. The maximum atomic E-state index is 13.4. The molecule has 6 heteroatoms. The first-order chi connectivity index (χ1) is 13.9. The van der Waals surface area contributed by atoms with Crippen molar-refractivity contribution in [3.63, 3.8) is 0 Å². The van der Waals surface area contributed by atoms with Crippen LogP contribution < -0.4 is 0 Å². The van der Waals surface area contributed by atoms with Crippen LogP contribution in [0.4, 0.5) is 0 Å². The van der Waals surface area contributed by atoms with E-state index in [0.717, 1.165) is 38.3 Å². The molecule has 0 bridgehead atoms. The van der Waals surface area contributed by atoms with Gasteiger partial charge in [0, 0.05) is 18.3 Å². The van der Waals surface area contributed by atoms with Gasteiger partial charge in [-0.25, -0.2) is 4.98 Å². The van der Waals surface area contributed by atoms with Gasteiger partial charge in [0.1, 0.15) is 11.3 Å². The Bertz CT molecular complexity index is 1220. The minimum Gasteiger partial charge on any atom is -0.303 e. The molecule has 0 spiro atoms. The number of Topliss-reactive ketones (excluding diaryl/α,β-unsaturated/α-hetero) is 1. The van der Waals surface area contributed by atoms with Gasteiger partial charge >= 0.3 is 0 Å². The van der Waals surface area contributed by atoms with Gasteiger partial charge in [-0.3, -0.25) is 9.48 Å². The van der Waals surface area contributed by atoms with Crippen molar-refractivity contribution in [2.24, 2.45) is 0 Å². The maximum absolute atomic E-state index is 13.4. The predicted molar refractivity (Wildman–Crippen MR) is 118 cm³/mol. The van der Waals surface area contributed by atoms with E-state index in [0.29, 0.717) is 12.2 Å². The molecule has 3 heterocycles. The summed E-state index contributed by atoms with van der Waals surface area (Å²) in [5.74, 6) is 0.0241. The third-order valence-corrected chi connectivity index (χ3v) is 6.09. The minimum absolute atomic E-state index is 0.0241. The van der Waals surface area contributed by atoms with Crippen LogP contribution in [0.5, 0.6) is 0 Å². The SMILES string of the molecule is CCn1nc(C)c(Br)c1C(=O)Cc1c(-c2ccc(C)cc2)nc2ccc(C)cn12. The van der Waals surface area contributed by atoms with Crippen LogP contribution in [0.1, 0.15) is 39.9 Å². The van der Waals surface area contributed by atoms with Gasteiger partial charge in [0.05, 0.1) is 28.0 Å². The van der Waals surface area contributed by atoms with Gasteiger partial charge in [-0.05, 0) is 55.3 Å². The zero-order valence-electron chi connectivity index (χ0n) is 17.0. The van der Waals surface area contributed by atoms with Crippen molar-refractivity contribution in [3.8, 4) is 11.3 Å².